The van der Waals surface area contributed by atoms with Crippen LogP contribution in [0.15, 0.2) is 74.4 Å². The van der Waals surface area contributed by atoms with Crippen molar-refractivity contribution in [2.45, 2.75) is 19.9 Å². The number of hydrogen-bond acceptors (Lipinski definition) is 6. The van der Waals surface area contributed by atoms with E-state index in [1.807, 2.05) is 30.3 Å². The van der Waals surface area contributed by atoms with Crippen LogP contribution in [0.1, 0.15) is 31.0 Å². The Kier molecular flexibility index (Phi) is 4.83. The Labute approximate surface area is 164 Å². The maximum absolute atomic E-state index is 13.2. The first-order valence-corrected chi connectivity index (χ1v) is 9.68. The first kappa shape index (κ1) is 18.2. The predicted octanol–water partition coefficient (Wildman–Crippen LogP) is 2.39. The fraction of sp³-hybridized carbons (Fsp3) is 0.190. The lowest BCUT2D eigenvalue weighted by molar-refractivity contribution is -0.139. The van der Waals surface area contributed by atoms with E-state index in [0.29, 0.717) is 20.6 Å². The van der Waals surface area contributed by atoms with Crippen LogP contribution in [0.5, 0.6) is 0 Å². The lowest BCUT2D eigenvalue weighted by Gasteiger charge is -2.24. The third-order valence-corrected chi connectivity index (χ3v) is 5.46. The molecule has 1 aliphatic heterocycles. The maximum atomic E-state index is 13.2. The normalized spacial score (nSPS) is 16.6. The summed E-state index contributed by atoms with van der Waals surface area (Å²) in [5, 5.41) is 0. The zero-order valence-corrected chi connectivity index (χ0v) is 16.2. The third-order valence-electron chi connectivity index (χ3n) is 4.47. The molecule has 1 atom stereocenters. The van der Waals surface area contributed by atoms with E-state index >= 15 is 0 Å². The van der Waals surface area contributed by atoms with Gasteiger partial charge in [0, 0.05) is 5.56 Å². The van der Waals surface area contributed by atoms with Gasteiger partial charge in [0.1, 0.15) is 0 Å². The van der Waals surface area contributed by atoms with E-state index < -0.39 is 12.0 Å². The minimum Gasteiger partial charge on any atom is -0.472 e. The molecule has 7 heteroatoms. The summed E-state index contributed by atoms with van der Waals surface area (Å²) in [4.78, 5) is 31.0. The van der Waals surface area contributed by atoms with Crippen LogP contribution in [0.2, 0.25) is 0 Å². The number of aromatic nitrogens is 1. The molecule has 2 aromatic heterocycles. The number of carbonyl (C=O) groups is 1. The van der Waals surface area contributed by atoms with Crippen LogP contribution < -0.4 is 14.9 Å². The highest BCUT2D eigenvalue weighted by Crippen LogP contribution is 2.30. The SMILES string of the molecule is CCOC(=O)C1=C(C)N=c2sc(=Cc3ccoc3)c(=O)n2[C@H]1c1ccccc1. The van der Waals surface area contributed by atoms with Gasteiger partial charge in [0.05, 0.1) is 41.0 Å². The summed E-state index contributed by atoms with van der Waals surface area (Å²) >= 11 is 1.29. The second-order valence-corrected chi connectivity index (χ2v) is 7.28. The number of ether oxygens (including phenoxy) is 1. The number of fused-ring (bicyclic) bond motifs is 1. The largest absolute Gasteiger partial charge is 0.472 e. The number of rotatable bonds is 4. The molecular formula is C21H18N2O4S. The van der Waals surface area contributed by atoms with E-state index in [-0.39, 0.29) is 12.2 Å². The van der Waals surface area contributed by atoms with Crippen LogP contribution in [0.3, 0.4) is 0 Å². The van der Waals surface area contributed by atoms with Crippen molar-refractivity contribution < 1.29 is 13.9 Å². The average Bonchev–Trinajstić information content (AvgIpc) is 3.30. The van der Waals surface area contributed by atoms with Crippen molar-refractivity contribution in [3.05, 3.63) is 91.0 Å². The second kappa shape index (κ2) is 7.44. The zero-order valence-electron chi connectivity index (χ0n) is 15.4. The van der Waals surface area contributed by atoms with Crippen LogP contribution >= 0.6 is 11.3 Å². The van der Waals surface area contributed by atoms with Crippen molar-refractivity contribution in [1.82, 2.24) is 4.57 Å². The molecule has 0 saturated carbocycles. The molecule has 6 nitrogen and oxygen atoms in total. The van der Waals surface area contributed by atoms with Gasteiger partial charge < -0.3 is 9.15 Å². The molecule has 0 fully saturated rings. The van der Waals surface area contributed by atoms with Gasteiger partial charge in [-0.2, -0.15) is 0 Å². The molecule has 3 heterocycles. The number of nitrogens with zero attached hydrogens (tertiary/aromatic N) is 2. The fourth-order valence-corrected chi connectivity index (χ4v) is 4.30. The van der Waals surface area contributed by atoms with Crippen molar-refractivity contribution in [2.75, 3.05) is 6.61 Å². The summed E-state index contributed by atoms with van der Waals surface area (Å²) in [5.74, 6) is -0.457. The Morgan fingerprint density at radius 1 is 1.32 bits per heavy atom. The molecule has 0 bridgehead atoms. The highest BCUT2D eigenvalue weighted by molar-refractivity contribution is 7.07. The second-order valence-electron chi connectivity index (χ2n) is 6.27. The lowest BCUT2D eigenvalue weighted by atomic mass is 9.96. The molecule has 28 heavy (non-hydrogen) atoms. The molecule has 1 aromatic carbocycles. The monoisotopic (exact) mass is 394 g/mol. The summed E-state index contributed by atoms with van der Waals surface area (Å²) in [6, 6.07) is 10.7. The van der Waals surface area contributed by atoms with Crippen LogP contribution in [-0.4, -0.2) is 17.1 Å². The summed E-state index contributed by atoms with van der Waals surface area (Å²) in [6.07, 6.45) is 4.89. The van der Waals surface area contributed by atoms with E-state index in [1.54, 1.807) is 43.1 Å². The van der Waals surface area contributed by atoms with Gasteiger partial charge >= 0.3 is 5.97 Å². The van der Waals surface area contributed by atoms with Crippen LogP contribution in [0, 0.1) is 0 Å². The highest BCUT2D eigenvalue weighted by atomic mass is 32.1. The van der Waals surface area contributed by atoms with E-state index in [2.05, 4.69) is 4.99 Å². The van der Waals surface area contributed by atoms with Gasteiger partial charge in [-0.1, -0.05) is 41.7 Å². The molecule has 0 saturated heterocycles. The number of furan rings is 1. The molecule has 0 spiro atoms. The van der Waals surface area contributed by atoms with Crippen molar-refractivity contribution in [3.63, 3.8) is 0 Å². The van der Waals surface area contributed by atoms with Gasteiger partial charge in [-0.25, -0.2) is 9.79 Å². The van der Waals surface area contributed by atoms with Gasteiger partial charge in [-0.05, 0) is 31.6 Å². The predicted molar refractivity (Wildman–Crippen MR) is 106 cm³/mol. The molecule has 1 aliphatic rings. The van der Waals surface area contributed by atoms with Gasteiger partial charge in [-0.15, -0.1) is 0 Å². The zero-order chi connectivity index (χ0) is 19.7. The number of hydrogen-bond donors (Lipinski definition) is 0. The third kappa shape index (κ3) is 3.14. The molecule has 3 aromatic rings. The van der Waals surface area contributed by atoms with Crippen LogP contribution in [-0.2, 0) is 9.53 Å². The first-order chi connectivity index (χ1) is 13.6. The molecule has 0 aliphatic carbocycles. The standard InChI is InChI=1S/C21H18N2O4S/c1-3-27-20(25)17-13(2)22-21-23(18(17)15-7-5-4-6-8-15)19(24)16(28-21)11-14-9-10-26-12-14/h4-12,18H,3H2,1-2H3/t18-/m0/s1. The van der Waals surface area contributed by atoms with Crippen molar-refractivity contribution >= 4 is 23.4 Å². The first-order valence-electron chi connectivity index (χ1n) is 8.87. The molecule has 0 N–H and O–H groups in total. The van der Waals surface area contributed by atoms with Crippen molar-refractivity contribution in [1.29, 1.82) is 0 Å². The Hall–Kier alpha value is -3.19. The molecular weight excluding hydrogens is 376 g/mol. The van der Waals surface area contributed by atoms with Gasteiger partial charge in [0.2, 0.25) is 0 Å². The molecule has 142 valence electrons. The summed E-state index contributed by atoms with van der Waals surface area (Å²) in [5.41, 5.74) is 2.37. The number of benzene rings is 1. The fourth-order valence-electron chi connectivity index (χ4n) is 3.25. The van der Waals surface area contributed by atoms with E-state index in [9.17, 15) is 9.59 Å². The van der Waals surface area contributed by atoms with Crippen molar-refractivity contribution in [2.24, 2.45) is 4.99 Å². The maximum Gasteiger partial charge on any atom is 0.338 e. The molecule has 0 radical (unpaired) electrons. The molecule has 0 amide bonds. The number of carbonyl (C=O) groups excluding carboxylic acids is 1. The lowest BCUT2D eigenvalue weighted by Crippen LogP contribution is -2.39. The van der Waals surface area contributed by atoms with Crippen LogP contribution in [0.4, 0.5) is 0 Å². The average molecular weight is 394 g/mol. The summed E-state index contributed by atoms with van der Waals surface area (Å²) in [7, 11) is 0. The van der Waals surface area contributed by atoms with E-state index in [0.717, 1.165) is 11.1 Å². The number of thiazole rings is 1. The number of esters is 1. The summed E-state index contributed by atoms with van der Waals surface area (Å²) < 4.78 is 12.4. The highest BCUT2D eigenvalue weighted by Gasteiger charge is 2.33. The Bertz CT molecular complexity index is 1220. The van der Waals surface area contributed by atoms with E-state index in [4.69, 9.17) is 9.15 Å². The number of allylic oxidation sites excluding steroid dienone is 1. The molecule has 0 unspecified atom stereocenters. The minimum atomic E-state index is -0.581. The topological polar surface area (TPSA) is 73.8 Å². The van der Waals surface area contributed by atoms with Crippen molar-refractivity contribution in [3.8, 4) is 0 Å². The Balaban J connectivity index is 1.97. The Morgan fingerprint density at radius 3 is 2.79 bits per heavy atom. The van der Waals surface area contributed by atoms with Gasteiger partial charge in [0.25, 0.3) is 5.56 Å². The van der Waals surface area contributed by atoms with Crippen LogP contribution in [0.25, 0.3) is 6.08 Å². The quantitative estimate of drug-likeness (QED) is 0.637. The molecule has 4 rings (SSSR count). The summed E-state index contributed by atoms with van der Waals surface area (Å²) in [6.45, 7) is 3.78. The smallest absolute Gasteiger partial charge is 0.338 e. The van der Waals surface area contributed by atoms with E-state index in [1.165, 1.54) is 11.3 Å². The Morgan fingerprint density at radius 2 is 2.11 bits per heavy atom. The van der Waals surface area contributed by atoms with Gasteiger partial charge in [0.15, 0.2) is 4.80 Å². The van der Waals surface area contributed by atoms with Gasteiger partial charge in [-0.3, -0.25) is 9.36 Å². The minimum absolute atomic E-state index is 0.201.